The molecule has 0 N–H and O–H groups in total. The van der Waals surface area contributed by atoms with Crippen molar-refractivity contribution in [3.8, 4) is 27.9 Å². The molecule has 2 heteroatoms. The van der Waals surface area contributed by atoms with Crippen LogP contribution in [0.1, 0.15) is 25.0 Å². The molecule has 1 aliphatic rings. The fourth-order valence-corrected chi connectivity index (χ4v) is 7.80. The van der Waals surface area contributed by atoms with E-state index < -0.39 is 0 Å². The summed E-state index contributed by atoms with van der Waals surface area (Å²) in [5, 5.41) is 2.46. The number of fused-ring (bicyclic) bond motifs is 6. The maximum Gasteiger partial charge on any atom is 0.0640 e. The first kappa shape index (κ1) is 27.5. The normalized spacial score (nSPS) is 13.1. The monoisotopic (exact) mass is 602 g/mol. The van der Waals surface area contributed by atoms with Crippen LogP contribution >= 0.6 is 0 Å². The third-order valence-corrected chi connectivity index (χ3v) is 9.97. The molecule has 47 heavy (non-hydrogen) atoms. The molecule has 0 aliphatic heterocycles. The summed E-state index contributed by atoms with van der Waals surface area (Å²) in [4.78, 5) is 2.49. The van der Waals surface area contributed by atoms with Gasteiger partial charge in [-0.2, -0.15) is 0 Å². The summed E-state index contributed by atoms with van der Waals surface area (Å²) in [7, 11) is 0. The van der Waals surface area contributed by atoms with Gasteiger partial charge < -0.3 is 9.47 Å². The van der Waals surface area contributed by atoms with Gasteiger partial charge in [-0.3, -0.25) is 0 Å². The molecule has 1 aromatic heterocycles. The Bertz CT molecular complexity index is 2420. The predicted molar refractivity (Wildman–Crippen MR) is 198 cm³/mol. The van der Waals surface area contributed by atoms with E-state index in [-0.39, 0.29) is 5.41 Å². The number of hydrogen-bond donors (Lipinski definition) is 0. The van der Waals surface area contributed by atoms with Crippen LogP contribution in [0.4, 0.5) is 17.1 Å². The van der Waals surface area contributed by atoms with Crippen LogP contribution in [0.25, 0.3) is 49.7 Å². The van der Waals surface area contributed by atoms with Gasteiger partial charge in [0.05, 0.1) is 16.7 Å². The Labute approximate surface area is 275 Å². The van der Waals surface area contributed by atoms with Gasteiger partial charge in [0.25, 0.3) is 0 Å². The van der Waals surface area contributed by atoms with E-state index >= 15 is 0 Å². The standard InChI is InChI=1S/C45H34N2/c1-45(2)39-24-14-12-22-36(39)37-27-26-34(30-40(37)45)46(32-18-8-4-9-19-32)44-35(31-16-6-3-7-17-31)28-29-42-43(44)38-23-13-15-25-41(38)47(42)33-20-10-5-11-21-33/h3-30H,1-2H3. The minimum Gasteiger partial charge on any atom is -0.309 e. The van der Waals surface area contributed by atoms with E-state index in [2.05, 4.69) is 193 Å². The van der Waals surface area contributed by atoms with Gasteiger partial charge in [0.15, 0.2) is 0 Å². The van der Waals surface area contributed by atoms with Crippen LogP contribution < -0.4 is 4.90 Å². The van der Waals surface area contributed by atoms with E-state index in [9.17, 15) is 0 Å². The van der Waals surface area contributed by atoms with Gasteiger partial charge in [-0.25, -0.2) is 0 Å². The van der Waals surface area contributed by atoms with Gasteiger partial charge in [-0.05, 0) is 76.3 Å². The Morgan fingerprint density at radius 3 is 1.87 bits per heavy atom. The number of rotatable bonds is 5. The summed E-state index contributed by atoms with van der Waals surface area (Å²) in [6.45, 7) is 4.72. The lowest BCUT2D eigenvalue weighted by Crippen LogP contribution is -2.17. The molecule has 0 amide bonds. The van der Waals surface area contributed by atoms with Gasteiger partial charge in [0.1, 0.15) is 0 Å². The fraction of sp³-hybridized carbons (Fsp3) is 0.0667. The molecule has 0 saturated heterocycles. The fourth-order valence-electron chi connectivity index (χ4n) is 7.80. The van der Waals surface area contributed by atoms with Crippen molar-refractivity contribution in [1.29, 1.82) is 0 Å². The van der Waals surface area contributed by atoms with Gasteiger partial charge >= 0.3 is 0 Å². The lowest BCUT2D eigenvalue weighted by atomic mass is 9.82. The molecule has 9 rings (SSSR count). The second kappa shape index (κ2) is 10.6. The molecule has 0 bridgehead atoms. The van der Waals surface area contributed by atoms with Crippen LogP contribution in [0.3, 0.4) is 0 Å². The van der Waals surface area contributed by atoms with Gasteiger partial charge in [0, 0.05) is 38.8 Å². The third kappa shape index (κ3) is 4.18. The molecule has 0 atom stereocenters. The molecular weight excluding hydrogens is 569 g/mol. The molecule has 0 unspecified atom stereocenters. The predicted octanol–water partition coefficient (Wildman–Crippen LogP) is 12.2. The van der Waals surface area contributed by atoms with E-state index in [1.54, 1.807) is 0 Å². The van der Waals surface area contributed by atoms with Crippen molar-refractivity contribution in [2.24, 2.45) is 0 Å². The Morgan fingerprint density at radius 2 is 1.09 bits per heavy atom. The molecule has 8 aromatic rings. The molecule has 1 aliphatic carbocycles. The van der Waals surface area contributed by atoms with Crippen LogP contribution in [0.15, 0.2) is 170 Å². The Balaban J connectivity index is 1.41. The number of nitrogens with zero attached hydrogens (tertiary/aromatic N) is 2. The maximum absolute atomic E-state index is 2.49. The highest BCUT2D eigenvalue weighted by Crippen LogP contribution is 2.53. The van der Waals surface area contributed by atoms with Crippen molar-refractivity contribution in [3.63, 3.8) is 0 Å². The average molecular weight is 603 g/mol. The Hall–Kier alpha value is -5.86. The molecule has 0 fully saturated rings. The summed E-state index contributed by atoms with van der Waals surface area (Å²) >= 11 is 0. The zero-order chi connectivity index (χ0) is 31.5. The van der Waals surface area contributed by atoms with Gasteiger partial charge in [0.2, 0.25) is 0 Å². The zero-order valence-electron chi connectivity index (χ0n) is 26.6. The summed E-state index contributed by atoms with van der Waals surface area (Å²) < 4.78 is 2.41. The summed E-state index contributed by atoms with van der Waals surface area (Å²) in [5.41, 5.74) is 14.7. The van der Waals surface area contributed by atoms with Crippen LogP contribution in [0.2, 0.25) is 0 Å². The first-order valence-corrected chi connectivity index (χ1v) is 16.4. The molecule has 2 nitrogen and oxygen atoms in total. The van der Waals surface area contributed by atoms with E-state index in [1.807, 2.05) is 0 Å². The van der Waals surface area contributed by atoms with Crippen molar-refractivity contribution in [2.75, 3.05) is 4.90 Å². The maximum atomic E-state index is 2.49. The van der Waals surface area contributed by atoms with Crippen molar-refractivity contribution in [2.45, 2.75) is 19.3 Å². The van der Waals surface area contributed by atoms with Crippen molar-refractivity contribution < 1.29 is 0 Å². The number of para-hydroxylation sites is 3. The number of anilines is 3. The molecule has 1 heterocycles. The summed E-state index contributed by atoms with van der Waals surface area (Å²) in [5.74, 6) is 0. The second-order valence-corrected chi connectivity index (χ2v) is 13.0. The molecule has 7 aromatic carbocycles. The number of benzene rings is 7. The quantitative estimate of drug-likeness (QED) is 0.190. The van der Waals surface area contributed by atoms with E-state index in [0.29, 0.717) is 0 Å². The number of aromatic nitrogens is 1. The van der Waals surface area contributed by atoms with E-state index in [4.69, 9.17) is 0 Å². The molecule has 0 radical (unpaired) electrons. The molecule has 0 saturated carbocycles. The smallest absolute Gasteiger partial charge is 0.0640 e. The molecule has 224 valence electrons. The Morgan fingerprint density at radius 1 is 0.468 bits per heavy atom. The highest BCUT2D eigenvalue weighted by Gasteiger charge is 2.36. The zero-order valence-corrected chi connectivity index (χ0v) is 26.6. The average Bonchev–Trinajstić information content (AvgIpc) is 3.58. The highest BCUT2D eigenvalue weighted by atomic mass is 15.2. The first-order valence-electron chi connectivity index (χ1n) is 16.4. The lowest BCUT2D eigenvalue weighted by molar-refractivity contribution is 0.660. The van der Waals surface area contributed by atoms with Gasteiger partial charge in [-0.15, -0.1) is 0 Å². The first-order chi connectivity index (χ1) is 23.1. The summed E-state index contributed by atoms with van der Waals surface area (Å²) in [6.07, 6.45) is 0. The topological polar surface area (TPSA) is 8.17 Å². The largest absolute Gasteiger partial charge is 0.309 e. The third-order valence-electron chi connectivity index (χ3n) is 9.97. The minimum absolute atomic E-state index is 0.109. The van der Waals surface area contributed by atoms with Crippen molar-refractivity contribution >= 4 is 38.9 Å². The van der Waals surface area contributed by atoms with Crippen molar-refractivity contribution in [3.05, 3.63) is 181 Å². The molecular formula is C45H34N2. The lowest BCUT2D eigenvalue weighted by Gasteiger charge is -2.30. The Kier molecular flexibility index (Phi) is 6.20. The van der Waals surface area contributed by atoms with Crippen LogP contribution in [-0.2, 0) is 5.41 Å². The summed E-state index contributed by atoms with van der Waals surface area (Å²) in [6, 6.07) is 61.8. The van der Waals surface area contributed by atoms with E-state index in [0.717, 1.165) is 17.1 Å². The van der Waals surface area contributed by atoms with Gasteiger partial charge in [-0.1, -0.05) is 135 Å². The van der Waals surface area contributed by atoms with Crippen LogP contribution in [0.5, 0.6) is 0 Å². The van der Waals surface area contributed by atoms with Crippen LogP contribution in [-0.4, -0.2) is 4.57 Å². The molecule has 0 spiro atoms. The number of hydrogen-bond acceptors (Lipinski definition) is 1. The van der Waals surface area contributed by atoms with Crippen LogP contribution in [0, 0.1) is 0 Å². The second-order valence-electron chi connectivity index (χ2n) is 13.0. The SMILES string of the molecule is CC1(C)c2ccccc2-c2ccc(N(c3ccccc3)c3c(-c4ccccc4)ccc4c3c3ccccc3n4-c3ccccc3)cc21. The highest BCUT2D eigenvalue weighted by molar-refractivity contribution is 6.19. The minimum atomic E-state index is -0.109. The van der Waals surface area contributed by atoms with E-state index in [1.165, 1.54) is 60.9 Å². The van der Waals surface area contributed by atoms with Crippen molar-refractivity contribution in [1.82, 2.24) is 4.57 Å².